The van der Waals surface area contributed by atoms with Crippen LogP contribution in [0.15, 0.2) is 46.9 Å². The van der Waals surface area contributed by atoms with E-state index in [1.54, 1.807) is 18.2 Å². The van der Waals surface area contributed by atoms with E-state index in [4.69, 9.17) is 13.9 Å². The standard InChI is InChI=1S/C21H23N3O4/c1-4-26-17-11-10-16(13-18(17)27-5-2)20(25)22-21-24-23-19(28-21)12-15-8-6-14(3)7-9-15/h6-11,13H,4-5,12H2,1-3H3,(H,22,24,25). The van der Waals surface area contributed by atoms with Gasteiger partial charge in [-0.15, -0.1) is 5.10 Å². The van der Waals surface area contributed by atoms with Crippen molar-refractivity contribution in [3.8, 4) is 11.5 Å². The Morgan fingerprint density at radius 1 is 1.00 bits per heavy atom. The zero-order valence-corrected chi connectivity index (χ0v) is 16.2. The molecule has 0 saturated carbocycles. The third-order valence-electron chi connectivity index (χ3n) is 3.97. The number of nitrogens with zero attached hydrogens (tertiary/aromatic N) is 2. The zero-order chi connectivity index (χ0) is 19.9. The molecule has 0 aliphatic rings. The number of anilines is 1. The van der Waals surface area contributed by atoms with E-state index in [2.05, 4.69) is 15.5 Å². The molecule has 0 spiro atoms. The van der Waals surface area contributed by atoms with Crippen LogP contribution in [0.3, 0.4) is 0 Å². The van der Waals surface area contributed by atoms with Crippen LogP contribution in [0, 0.1) is 6.92 Å². The minimum atomic E-state index is -0.366. The Labute approximate surface area is 163 Å². The highest BCUT2D eigenvalue weighted by Crippen LogP contribution is 2.28. The van der Waals surface area contributed by atoms with Gasteiger partial charge in [-0.3, -0.25) is 10.1 Å². The van der Waals surface area contributed by atoms with Crippen LogP contribution in [0.4, 0.5) is 6.01 Å². The van der Waals surface area contributed by atoms with Crippen molar-refractivity contribution in [1.29, 1.82) is 0 Å². The minimum absolute atomic E-state index is 0.0546. The molecule has 1 N–H and O–H groups in total. The molecule has 1 aromatic heterocycles. The van der Waals surface area contributed by atoms with Gasteiger partial charge in [0.1, 0.15) is 0 Å². The van der Waals surface area contributed by atoms with Gasteiger partial charge in [0, 0.05) is 5.56 Å². The maximum Gasteiger partial charge on any atom is 0.322 e. The number of aromatic nitrogens is 2. The van der Waals surface area contributed by atoms with Gasteiger partial charge in [0.05, 0.1) is 19.6 Å². The summed E-state index contributed by atoms with van der Waals surface area (Å²) in [7, 11) is 0. The smallest absolute Gasteiger partial charge is 0.322 e. The van der Waals surface area contributed by atoms with Crippen molar-refractivity contribution >= 4 is 11.9 Å². The Bertz CT molecular complexity index is 935. The maximum atomic E-state index is 12.5. The number of benzene rings is 2. The number of rotatable bonds is 8. The second-order valence-electron chi connectivity index (χ2n) is 6.14. The van der Waals surface area contributed by atoms with Crippen molar-refractivity contribution in [3.63, 3.8) is 0 Å². The quantitative estimate of drug-likeness (QED) is 0.634. The lowest BCUT2D eigenvalue weighted by molar-refractivity contribution is 0.102. The molecule has 7 nitrogen and oxygen atoms in total. The fourth-order valence-corrected chi connectivity index (χ4v) is 2.62. The predicted octanol–water partition coefficient (Wildman–Crippen LogP) is 4.02. The molecule has 2 aromatic carbocycles. The molecule has 3 aromatic rings. The van der Waals surface area contributed by atoms with Crippen LogP contribution in [-0.2, 0) is 6.42 Å². The summed E-state index contributed by atoms with van der Waals surface area (Å²) in [4.78, 5) is 12.5. The van der Waals surface area contributed by atoms with Gasteiger partial charge in [-0.05, 0) is 44.5 Å². The van der Waals surface area contributed by atoms with Crippen LogP contribution >= 0.6 is 0 Å². The predicted molar refractivity (Wildman–Crippen MR) is 105 cm³/mol. The van der Waals surface area contributed by atoms with E-state index in [1.165, 1.54) is 5.56 Å². The fourth-order valence-electron chi connectivity index (χ4n) is 2.62. The first-order valence-corrected chi connectivity index (χ1v) is 9.18. The summed E-state index contributed by atoms with van der Waals surface area (Å²) in [5.41, 5.74) is 2.65. The van der Waals surface area contributed by atoms with E-state index >= 15 is 0 Å². The summed E-state index contributed by atoms with van der Waals surface area (Å²) in [5.74, 6) is 1.18. The molecule has 1 heterocycles. The van der Waals surface area contributed by atoms with Gasteiger partial charge in [0.2, 0.25) is 5.89 Å². The molecule has 0 atom stereocenters. The van der Waals surface area contributed by atoms with Gasteiger partial charge in [0.15, 0.2) is 11.5 Å². The molecule has 0 unspecified atom stereocenters. The molecule has 0 saturated heterocycles. The van der Waals surface area contributed by atoms with Crippen LogP contribution < -0.4 is 14.8 Å². The molecular weight excluding hydrogens is 358 g/mol. The number of carbonyl (C=O) groups excluding carboxylic acids is 1. The molecule has 0 fully saturated rings. The monoisotopic (exact) mass is 381 g/mol. The average molecular weight is 381 g/mol. The number of aryl methyl sites for hydroxylation is 1. The molecule has 0 aliphatic heterocycles. The SMILES string of the molecule is CCOc1ccc(C(=O)Nc2nnc(Cc3ccc(C)cc3)o2)cc1OCC. The largest absolute Gasteiger partial charge is 0.490 e. The Morgan fingerprint density at radius 2 is 1.71 bits per heavy atom. The number of nitrogens with one attached hydrogen (secondary N) is 1. The Morgan fingerprint density at radius 3 is 2.43 bits per heavy atom. The van der Waals surface area contributed by atoms with Gasteiger partial charge in [-0.1, -0.05) is 34.9 Å². The number of hydrogen-bond donors (Lipinski definition) is 1. The van der Waals surface area contributed by atoms with Gasteiger partial charge < -0.3 is 13.9 Å². The Hall–Kier alpha value is -3.35. The summed E-state index contributed by atoms with van der Waals surface area (Å²) in [6, 6.07) is 13.1. The van der Waals surface area contributed by atoms with E-state index in [0.717, 1.165) is 5.56 Å². The van der Waals surface area contributed by atoms with Crippen molar-refractivity contribution in [2.75, 3.05) is 18.5 Å². The normalized spacial score (nSPS) is 10.5. The van der Waals surface area contributed by atoms with Crippen LogP contribution in [0.1, 0.15) is 41.2 Å². The molecule has 0 radical (unpaired) electrons. The van der Waals surface area contributed by atoms with Crippen molar-refractivity contribution in [2.45, 2.75) is 27.2 Å². The molecule has 3 rings (SSSR count). The Kier molecular flexibility index (Phi) is 6.26. The number of ether oxygens (including phenoxy) is 2. The zero-order valence-electron chi connectivity index (χ0n) is 16.2. The van der Waals surface area contributed by atoms with Gasteiger partial charge in [-0.2, -0.15) is 0 Å². The summed E-state index contributed by atoms with van der Waals surface area (Å²) < 4.78 is 16.6. The molecule has 0 aliphatic carbocycles. The second kappa shape index (κ2) is 9.03. The highest BCUT2D eigenvalue weighted by Gasteiger charge is 2.15. The second-order valence-corrected chi connectivity index (χ2v) is 6.14. The van der Waals surface area contributed by atoms with E-state index in [1.807, 2.05) is 45.0 Å². The first-order valence-electron chi connectivity index (χ1n) is 9.18. The Balaban J connectivity index is 1.68. The summed E-state index contributed by atoms with van der Waals surface area (Å²) in [5, 5.41) is 10.5. The molecular formula is C21H23N3O4. The third-order valence-corrected chi connectivity index (χ3v) is 3.97. The van der Waals surface area contributed by atoms with Crippen molar-refractivity contribution < 1.29 is 18.7 Å². The summed E-state index contributed by atoms with van der Waals surface area (Å²) >= 11 is 0. The lowest BCUT2D eigenvalue weighted by atomic mass is 10.1. The van der Waals surface area contributed by atoms with Crippen LogP contribution in [0.5, 0.6) is 11.5 Å². The fraction of sp³-hybridized carbons (Fsp3) is 0.286. The van der Waals surface area contributed by atoms with Crippen molar-refractivity contribution in [2.24, 2.45) is 0 Å². The summed E-state index contributed by atoms with van der Waals surface area (Å²) in [6.45, 7) is 6.77. The molecule has 0 bridgehead atoms. The maximum absolute atomic E-state index is 12.5. The first-order chi connectivity index (χ1) is 13.6. The lowest BCUT2D eigenvalue weighted by Gasteiger charge is -2.11. The van der Waals surface area contributed by atoms with Crippen LogP contribution in [0.25, 0.3) is 0 Å². The molecule has 1 amide bonds. The highest BCUT2D eigenvalue weighted by molar-refractivity contribution is 6.03. The number of hydrogen-bond acceptors (Lipinski definition) is 6. The van der Waals surface area contributed by atoms with Gasteiger partial charge >= 0.3 is 6.01 Å². The van der Waals surface area contributed by atoms with Crippen molar-refractivity contribution in [3.05, 3.63) is 65.0 Å². The van der Waals surface area contributed by atoms with E-state index in [0.29, 0.717) is 42.6 Å². The van der Waals surface area contributed by atoms with Crippen LogP contribution in [0.2, 0.25) is 0 Å². The van der Waals surface area contributed by atoms with Crippen molar-refractivity contribution in [1.82, 2.24) is 10.2 Å². The molecule has 7 heteroatoms. The van der Waals surface area contributed by atoms with Gasteiger partial charge in [0.25, 0.3) is 5.91 Å². The minimum Gasteiger partial charge on any atom is -0.490 e. The number of carbonyl (C=O) groups is 1. The first kappa shape index (κ1) is 19.4. The summed E-state index contributed by atoms with van der Waals surface area (Å²) in [6.07, 6.45) is 0.501. The van der Waals surface area contributed by atoms with Crippen LogP contribution in [-0.4, -0.2) is 29.3 Å². The highest BCUT2D eigenvalue weighted by atomic mass is 16.5. The van der Waals surface area contributed by atoms with E-state index in [9.17, 15) is 4.79 Å². The molecule has 28 heavy (non-hydrogen) atoms. The number of amides is 1. The average Bonchev–Trinajstić information content (AvgIpc) is 3.12. The molecule has 146 valence electrons. The van der Waals surface area contributed by atoms with E-state index < -0.39 is 0 Å². The van der Waals surface area contributed by atoms with Gasteiger partial charge in [-0.25, -0.2) is 0 Å². The third kappa shape index (κ3) is 4.88. The lowest BCUT2D eigenvalue weighted by Crippen LogP contribution is -2.12. The van der Waals surface area contributed by atoms with E-state index in [-0.39, 0.29) is 11.9 Å². The topological polar surface area (TPSA) is 86.5 Å².